The van der Waals surface area contributed by atoms with Crippen molar-refractivity contribution in [3.05, 3.63) is 134 Å². The SMILES string of the molecule is c1ccc(-c2ncnc(-c3cccc4c3-c3ccc5oc6ccccc6c5c3-c3cccc5c6ccccc6n-4c35)n2)cc1. The predicted molar refractivity (Wildman–Crippen MR) is 177 cm³/mol. The van der Waals surface area contributed by atoms with Crippen molar-refractivity contribution in [2.75, 3.05) is 0 Å². The van der Waals surface area contributed by atoms with E-state index in [9.17, 15) is 0 Å². The first-order valence-electron chi connectivity index (χ1n) is 14.7. The highest BCUT2D eigenvalue weighted by atomic mass is 16.3. The Balaban J connectivity index is 1.41. The molecule has 3 aromatic heterocycles. The molecule has 10 rings (SSSR count). The standard InChI is InChI=1S/C39H22N4O/c1-2-10-23(11-3-1)38-40-22-41-39(42-38)29-16-9-18-31-34(29)27-20-21-33-36(26-13-5-7-19-32(26)44-33)35(27)28-15-8-14-25-24-12-4-6-17-30(24)43(31)37(25)28/h1-22H. The molecule has 0 spiro atoms. The molecule has 0 saturated heterocycles. The van der Waals surface area contributed by atoms with Gasteiger partial charge in [0.05, 0.1) is 16.7 Å². The van der Waals surface area contributed by atoms with Crippen LogP contribution in [0.25, 0.3) is 94.5 Å². The van der Waals surface area contributed by atoms with Gasteiger partial charge in [0.15, 0.2) is 11.6 Å². The van der Waals surface area contributed by atoms with Crippen LogP contribution in [0, 0.1) is 0 Å². The van der Waals surface area contributed by atoms with E-state index < -0.39 is 0 Å². The van der Waals surface area contributed by atoms with Gasteiger partial charge in [-0.15, -0.1) is 0 Å². The lowest BCUT2D eigenvalue weighted by Gasteiger charge is -2.17. The molecule has 0 unspecified atom stereocenters. The minimum atomic E-state index is 0.637. The van der Waals surface area contributed by atoms with E-state index in [1.165, 1.54) is 21.9 Å². The molecule has 44 heavy (non-hydrogen) atoms. The van der Waals surface area contributed by atoms with Crippen LogP contribution >= 0.6 is 0 Å². The lowest BCUT2D eigenvalue weighted by Crippen LogP contribution is -2.01. The third-order valence-electron chi connectivity index (χ3n) is 8.90. The van der Waals surface area contributed by atoms with E-state index in [0.717, 1.165) is 61.0 Å². The second-order valence-electron chi connectivity index (χ2n) is 11.2. The van der Waals surface area contributed by atoms with E-state index in [4.69, 9.17) is 14.4 Å². The third-order valence-corrected chi connectivity index (χ3v) is 8.90. The van der Waals surface area contributed by atoms with Crippen molar-refractivity contribution in [1.29, 1.82) is 0 Å². The minimum absolute atomic E-state index is 0.637. The first kappa shape index (κ1) is 23.5. The van der Waals surface area contributed by atoms with Gasteiger partial charge in [-0.25, -0.2) is 15.0 Å². The molecule has 0 amide bonds. The summed E-state index contributed by atoms with van der Waals surface area (Å²) in [5, 5.41) is 4.66. The summed E-state index contributed by atoms with van der Waals surface area (Å²) in [5.74, 6) is 1.29. The van der Waals surface area contributed by atoms with E-state index in [2.05, 4.69) is 94.5 Å². The van der Waals surface area contributed by atoms with Crippen molar-refractivity contribution in [2.24, 2.45) is 0 Å². The van der Waals surface area contributed by atoms with Gasteiger partial charge in [0.2, 0.25) is 0 Å². The van der Waals surface area contributed by atoms with Gasteiger partial charge in [0, 0.05) is 49.4 Å². The van der Waals surface area contributed by atoms with Crippen molar-refractivity contribution in [2.45, 2.75) is 0 Å². The zero-order chi connectivity index (χ0) is 28.8. The molecule has 204 valence electrons. The predicted octanol–water partition coefficient (Wildman–Crippen LogP) is 9.85. The lowest BCUT2D eigenvalue weighted by molar-refractivity contribution is 0.669. The summed E-state index contributed by atoms with van der Waals surface area (Å²) in [5.41, 5.74) is 11.6. The summed E-state index contributed by atoms with van der Waals surface area (Å²) in [6.07, 6.45) is 1.62. The van der Waals surface area contributed by atoms with Gasteiger partial charge in [-0.1, -0.05) is 97.1 Å². The molecule has 0 fully saturated rings. The topological polar surface area (TPSA) is 56.7 Å². The van der Waals surface area contributed by atoms with E-state index in [0.29, 0.717) is 11.6 Å². The molecular weight excluding hydrogens is 540 g/mol. The van der Waals surface area contributed by atoms with Crippen LogP contribution in [0.5, 0.6) is 0 Å². The van der Waals surface area contributed by atoms with Crippen molar-refractivity contribution >= 4 is 43.7 Å². The van der Waals surface area contributed by atoms with Crippen LogP contribution in [-0.4, -0.2) is 19.5 Å². The molecule has 5 heteroatoms. The maximum absolute atomic E-state index is 6.43. The van der Waals surface area contributed by atoms with Crippen LogP contribution in [-0.2, 0) is 0 Å². The number of aromatic nitrogens is 4. The zero-order valence-electron chi connectivity index (χ0n) is 23.4. The smallest absolute Gasteiger partial charge is 0.164 e. The first-order chi connectivity index (χ1) is 21.8. The van der Waals surface area contributed by atoms with E-state index in [-0.39, 0.29) is 0 Å². The lowest BCUT2D eigenvalue weighted by atomic mass is 9.88. The first-order valence-corrected chi connectivity index (χ1v) is 14.7. The molecule has 0 aliphatic carbocycles. The minimum Gasteiger partial charge on any atom is -0.456 e. The van der Waals surface area contributed by atoms with Gasteiger partial charge in [-0.3, -0.25) is 0 Å². The number of para-hydroxylation sites is 3. The third kappa shape index (κ3) is 3.10. The second-order valence-corrected chi connectivity index (χ2v) is 11.2. The van der Waals surface area contributed by atoms with E-state index in [1.807, 2.05) is 42.5 Å². The van der Waals surface area contributed by atoms with Gasteiger partial charge >= 0.3 is 0 Å². The molecule has 6 aromatic carbocycles. The van der Waals surface area contributed by atoms with Gasteiger partial charge in [0.25, 0.3) is 0 Å². The Kier molecular flexibility index (Phi) is 4.66. The Bertz CT molecular complexity index is 2610. The Hall–Kier alpha value is -6.07. The summed E-state index contributed by atoms with van der Waals surface area (Å²) in [7, 11) is 0. The number of fused-ring (bicyclic) bond motifs is 12. The number of rotatable bonds is 2. The fourth-order valence-electron chi connectivity index (χ4n) is 7.12. The molecule has 0 radical (unpaired) electrons. The number of nitrogens with zero attached hydrogens (tertiary/aromatic N) is 4. The molecule has 0 N–H and O–H groups in total. The van der Waals surface area contributed by atoms with Crippen molar-refractivity contribution in [1.82, 2.24) is 19.5 Å². The molecule has 5 nitrogen and oxygen atoms in total. The van der Waals surface area contributed by atoms with Gasteiger partial charge in [-0.2, -0.15) is 0 Å². The normalized spacial score (nSPS) is 12.1. The largest absolute Gasteiger partial charge is 0.456 e. The molecule has 0 bridgehead atoms. The summed E-state index contributed by atoms with van der Waals surface area (Å²) >= 11 is 0. The van der Waals surface area contributed by atoms with Crippen molar-refractivity contribution in [3.63, 3.8) is 0 Å². The van der Waals surface area contributed by atoms with Gasteiger partial charge < -0.3 is 8.98 Å². The number of hydrogen-bond donors (Lipinski definition) is 0. The quantitative estimate of drug-likeness (QED) is 0.210. The molecule has 9 aromatic rings. The Morgan fingerprint density at radius 2 is 1.25 bits per heavy atom. The van der Waals surface area contributed by atoms with E-state index in [1.54, 1.807) is 6.33 Å². The molecule has 0 atom stereocenters. The Morgan fingerprint density at radius 3 is 2.18 bits per heavy atom. The van der Waals surface area contributed by atoms with Crippen LogP contribution in [0.15, 0.2) is 138 Å². The fourth-order valence-corrected chi connectivity index (χ4v) is 7.12. The highest BCUT2D eigenvalue weighted by molar-refractivity contribution is 6.23. The Labute approximate surface area is 251 Å². The van der Waals surface area contributed by atoms with Gasteiger partial charge in [0.1, 0.15) is 17.5 Å². The number of benzene rings is 6. The zero-order valence-corrected chi connectivity index (χ0v) is 23.4. The highest BCUT2D eigenvalue weighted by Gasteiger charge is 2.29. The molecule has 4 heterocycles. The van der Waals surface area contributed by atoms with Crippen molar-refractivity contribution < 1.29 is 4.42 Å². The summed E-state index contributed by atoms with van der Waals surface area (Å²) in [6, 6.07) is 44.5. The van der Waals surface area contributed by atoms with Crippen LogP contribution in [0.4, 0.5) is 0 Å². The van der Waals surface area contributed by atoms with Crippen LogP contribution in [0.2, 0.25) is 0 Å². The van der Waals surface area contributed by atoms with E-state index >= 15 is 0 Å². The van der Waals surface area contributed by atoms with Crippen LogP contribution in [0.3, 0.4) is 0 Å². The summed E-state index contributed by atoms with van der Waals surface area (Å²) in [4.78, 5) is 14.3. The molecule has 1 aliphatic rings. The second kappa shape index (κ2) is 8.72. The average molecular weight is 563 g/mol. The molecule has 1 aliphatic heterocycles. The van der Waals surface area contributed by atoms with Gasteiger partial charge in [-0.05, 0) is 35.9 Å². The summed E-state index contributed by atoms with van der Waals surface area (Å²) < 4.78 is 8.85. The summed E-state index contributed by atoms with van der Waals surface area (Å²) in [6.45, 7) is 0. The maximum Gasteiger partial charge on any atom is 0.164 e. The monoisotopic (exact) mass is 562 g/mol. The van der Waals surface area contributed by atoms with Crippen LogP contribution in [0.1, 0.15) is 0 Å². The highest BCUT2D eigenvalue weighted by Crippen LogP contribution is 2.52. The molecular formula is C39H22N4O. The number of furan rings is 1. The average Bonchev–Trinajstić information content (AvgIpc) is 3.60. The number of hydrogen-bond acceptors (Lipinski definition) is 4. The molecule has 0 saturated carbocycles. The van der Waals surface area contributed by atoms with Crippen LogP contribution < -0.4 is 0 Å². The van der Waals surface area contributed by atoms with Crippen molar-refractivity contribution in [3.8, 4) is 50.7 Å². The Morgan fingerprint density at radius 1 is 0.500 bits per heavy atom. The maximum atomic E-state index is 6.43. The fraction of sp³-hybridized carbons (Fsp3) is 0.